The Kier molecular flexibility index (Phi) is 6.17. The number of hydrogen-bond donors (Lipinski definition) is 1. The Bertz CT molecular complexity index is 1200. The van der Waals surface area contributed by atoms with Crippen LogP contribution in [0.25, 0.3) is 5.65 Å². The number of aromatic nitrogens is 3. The summed E-state index contributed by atoms with van der Waals surface area (Å²) in [4.78, 5) is 30.9. The molecule has 0 spiro atoms. The summed E-state index contributed by atoms with van der Waals surface area (Å²) in [5, 5.41) is 3.41. The van der Waals surface area contributed by atoms with Gasteiger partial charge in [0.1, 0.15) is 10.7 Å². The summed E-state index contributed by atoms with van der Waals surface area (Å²) in [5.74, 6) is -1.11. The highest BCUT2D eigenvalue weighted by Crippen LogP contribution is 2.39. The van der Waals surface area contributed by atoms with Gasteiger partial charge in [0.25, 0.3) is 5.91 Å². The molecule has 0 atom stereocenters. The van der Waals surface area contributed by atoms with Crippen LogP contribution >= 0.6 is 22.9 Å². The summed E-state index contributed by atoms with van der Waals surface area (Å²) in [7, 11) is 0. The van der Waals surface area contributed by atoms with Gasteiger partial charge in [-0.15, -0.1) is 11.3 Å². The number of thiophene rings is 1. The highest BCUT2D eigenvalue weighted by atomic mass is 35.5. The third-order valence-electron chi connectivity index (χ3n) is 5.12. The quantitative estimate of drug-likeness (QED) is 0.391. The van der Waals surface area contributed by atoms with Gasteiger partial charge in [0, 0.05) is 16.6 Å². The largest absolute Gasteiger partial charge is 0.462 e. The van der Waals surface area contributed by atoms with Gasteiger partial charge >= 0.3 is 11.4 Å². The summed E-state index contributed by atoms with van der Waals surface area (Å²) in [6.07, 6.45) is 4.22. The van der Waals surface area contributed by atoms with Gasteiger partial charge < -0.3 is 10.1 Å². The maximum absolute atomic E-state index is 13.8. The number of anilines is 1. The maximum Gasteiger partial charge on any atom is 0.364 e. The smallest absolute Gasteiger partial charge is 0.364 e. The zero-order valence-corrected chi connectivity index (χ0v) is 19.1. The number of nitrogens with one attached hydrogen (secondary N) is 1. The lowest BCUT2D eigenvalue weighted by Gasteiger charge is -2.12. The van der Waals surface area contributed by atoms with Crippen molar-refractivity contribution in [1.29, 1.82) is 0 Å². The van der Waals surface area contributed by atoms with Gasteiger partial charge in [0.2, 0.25) is 0 Å². The van der Waals surface area contributed by atoms with E-state index in [-0.39, 0.29) is 17.9 Å². The third kappa shape index (κ3) is 4.33. The molecular weight excluding hydrogens is 462 g/mol. The minimum absolute atomic E-state index is 0.0681. The lowest BCUT2D eigenvalue weighted by Crippen LogP contribution is -2.17. The number of amides is 1. The number of halogens is 3. The van der Waals surface area contributed by atoms with E-state index >= 15 is 0 Å². The molecule has 0 bridgehead atoms. The zero-order valence-electron chi connectivity index (χ0n) is 17.5. The Morgan fingerprint density at radius 3 is 2.78 bits per heavy atom. The third-order valence-corrected chi connectivity index (χ3v) is 6.52. The molecular formula is C21H21ClF2N4O3S. The highest BCUT2D eigenvalue weighted by molar-refractivity contribution is 7.17. The number of fused-ring (bicyclic) bond motifs is 2. The van der Waals surface area contributed by atoms with Crippen LogP contribution in [0, 0.1) is 6.92 Å². The second-order valence-corrected chi connectivity index (χ2v) is 9.17. The van der Waals surface area contributed by atoms with E-state index in [1.54, 1.807) is 6.92 Å². The molecule has 7 nitrogen and oxygen atoms in total. The van der Waals surface area contributed by atoms with Crippen LogP contribution in [-0.4, -0.2) is 33.1 Å². The van der Waals surface area contributed by atoms with Crippen LogP contribution < -0.4 is 5.32 Å². The van der Waals surface area contributed by atoms with Crippen molar-refractivity contribution in [2.75, 3.05) is 11.9 Å². The Morgan fingerprint density at radius 2 is 2.06 bits per heavy atom. The van der Waals surface area contributed by atoms with Crippen molar-refractivity contribution < 1.29 is 23.1 Å². The number of esters is 1. The predicted octanol–water partition coefficient (Wildman–Crippen LogP) is 5.09. The van der Waals surface area contributed by atoms with Crippen LogP contribution in [0.5, 0.6) is 0 Å². The number of rotatable bonds is 6. The van der Waals surface area contributed by atoms with Crippen LogP contribution in [0.15, 0.2) is 12.1 Å². The molecule has 0 saturated heterocycles. The van der Waals surface area contributed by atoms with Crippen molar-refractivity contribution in [2.24, 2.45) is 0 Å². The summed E-state index contributed by atoms with van der Waals surface area (Å²) in [6.45, 7) is 3.73. The fraction of sp³-hybridized carbons (Fsp3) is 0.429. The molecule has 4 rings (SSSR count). The zero-order chi connectivity index (χ0) is 23.0. The number of nitrogens with zero attached hydrogens (tertiary/aromatic N) is 3. The molecule has 3 aromatic heterocycles. The standard InChI is InChI=1S/C21H21ClF2N4O3S/c1-3-8-31-20(30)17-12-6-4-5-7-14(12)32-19(17)26-18(29)13-10-16-25-11(2)9-15(21(22,23)24)28(16)27-13/h9-10H,3-8H2,1-2H3,(H,26,29). The average Bonchev–Trinajstić information content (AvgIpc) is 3.31. The monoisotopic (exact) mass is 482 g/mol. The second kappa shape index (κ2) is 8.74. The van der Waals surface area contributed by atoms with Gasteiger partial charge in [-0.05, 0) is 62.3 Å². The van der Waals surface area contributed by atoms with Gasteiger partial charge in [0.05, 0.1) is 12.2 Å². The summed E-state index contributed by atoms with van der Waals surface area (Å²) < 4.78 is 33.8. The first-order valence-corrected chi connectivity index (χ1v) is 11.5. The molecule has 1 aliphatic rings. The Hall–Kier alpha value is -2.59. The van der Waals surface area contributed by atoms with Gasteiger partial charge in [-0.2, -0.15) is 13.9 Å². The minimum atomic E-state index is -3.69. The number of hydrogen-bond acceptors (Lipinski definition) is 6. The Labute approximate surface area is 191 Å². The van der Waals surface area contributed by atoms with Crippen molar-refractivity contribution in [3.05, 3.63) is 45.2 Å². The fourth-order valence-corrected chi connectivity index (χ4v) is 5.12. The normalized spacial score (nSPS) is 13.8. The average molecular weight is 483 g/mol. The van der Waals surface area contributed by atoms with Gasteiger partial charge in [0.15, 0.2) is 11.3 Å². The van der Waals surface area contributed by atoms with Crippen molar-refractivity contribution >= 4 is 45.5 Å². The molecule has 0 aromatic carbocycles. The molecule has 0 fully saturated rings. The van der Waals surface area contributed by atoms with E-state index in [1.165, 1.54) is 17.4 Å². The predicted molar refractivity (Wildman–Crippen MR) is 117 cm³/mol. The highest BCUT2D eigenvalue weighted by Gasteiger charge is 2.33. The lowest BCUT2D eigenvalue weighted by molar-refractivity contribution is 0.0505. The number of carbonyl (C=O) groups is 2. The molecule has 0 radical (unpaired) electrons. The van der Waals surface area contributed by atoms with Crippen molar-refractivity contribution in [3.63, 3.8) is 0 Å². The molecule has 0 saturated carbocycles. The minimum Gasteiger partial charge on any atom is -0.462 e. The number of aryl methyl sites for hydroxylation is 2. The molecule has 3 heterocycles. The number of carbonyl (C=O) groups excluding carboxylic acids is 2. The van der Waals surface area contributed by atoms with Crippen LogP contribution in [0.3, 0.4) is 0 Å². The van der Waals surface area contributed by atoms with Crippen LogP contribution in [0.4, 0.5) is 13.8 Å². The molecule has 0 aliphatic heterocycles. The molecule has 0 unspecified atom stereocenters. The Morgan fingerprint density at radius 1 is 1.31 bits per heavy atom. The van der Waals surface area contributed by atoms with E-state index in [0.29, 0.717) is 22.7 Å². The van der Waals surface area contributed by atoms with Crippen molar-refractivity contribution in [3.8, 4) is 0 Å². The van der Waals surface area contributed by atoms with Crippen LogP contribution in [0.2, 0.25) is 0 Å². The van der Waals surface area contributed by atoms with E-state index < -0.39 is 23.0 Å². The molecule has 170 valence electrons. The van der Waals surface area contributed by atoms with E-state index in [4.69, 9.17) is 16.3 Å². The van der Waals surface area contributed by atoms with E-state index in [1.807, 2.05) is 6.92 Å². The molecule has 1 N–H and O–H groups in total. The van der Waals surface area contributed by atoms with Crippen molar-refractivity contribution in [2.45, 2.75) is 51.3 Å². The fourth-order valence-electron chi connectivity index (χ4n) is 3.72. The molecule has 1 amide bonds. The molecule has 11 heteroatoms. The first kappa shape index (κ1) is 22.6. The first-order chi connectivity index (χ1) is 15.2. The summed E-state index contributed by atoms with van der Waals surface area (Å²) in [5.41, 5.74) is 0.956. The van der Waals surface area contributed by atoms with E-state index in [2.05, 4.69) is 15.4 Å². The van der Waals surface area contributed by atoms with Crippen molar-refractivity contribution in [1.82, 2.24) is 14.6 Å². The van der Waals surface area contributed by atoms with Gasteiger partial charge in [-0.25, -0.2) is 14.3 Å². The second-order valence-electron chi connectivity index (χ2n) is 7.59. The number of ether oxygens (including phenoxy) is 1. The molecule has 1 aliphatic carbocycles. The molecule has 32 heavy (non-hydrogen) atoms. The lowest BCUT2D eigenvalue weighted by atomic mass is 9.95. The topological polar surface area (TPSA) is 85.6 Å². The first-order valence-electron chi connectivity index (χ1n) is 10.3. The SMILES string of the molecule is CCCOC(=O)c1c(NC(=O)c2cc3nc(C)cc(C(F)(F)Cl)n3n2)sc2c1CCCC2. The van der Waals surface area contributed by atoms with Gasteiger partial charge in [-0.1, -0.05) is 6.92 Å². The maximum atomic E-state index is 13.8. The summed E-state index contributed by atoms with van der Waals surface area (Å²) >= 11 is 6.55. The van der Waals surface area contributed by atoms with E-state index in [0.717, 1.165) is 46.7 Å². The number of alkyl halides is 3. The summed E-state index contributed by atoms with van der Waals surface area (Å²) in [6, 6.07) is 2.42. The molecule has 3 aromatic rings. The van der Waals surface area contributed by atoms with Crippen LogP contribution in [0.1, 0.15) is 68.9 Å². The van der Waals surface area contributed by atoms with Gasteiger partial charge in [-0.3, -0.25) is 4.79 Å². The van der Waals surface area contributed by atoms with E-state index in [9.17, 15) is 18.4 Å². The van der Waals surface area contributed by atoms with Crippen LogP contribution in [-0.2, 0) is 23.0 Å². The Balaban J connectivity index is 1.69.